The van der Waals surface area contributed by atoms with Crippen molar-refractivity contribution in [3.63, 3.8) is 0 Å². The maximum atomic E-state index is 11.8. The Morgan fingerprint density at radius 1 is 1.33 bits per heavy atom. The van der Waals surface area contributed by atoms with Gasteiger partial charge in [0.1, 0.15) is 0 Å². The first-order valence-corrected chi connectivity index (χ1v) is 5.63. The molecular formula is C11H22N2O2. The van der Waals surface area contributed by atoms with Crippen molar-refractivity contribution in [2.24, 2.45) is 0 Å². The minimum Gasteiger partial charge on any atom is -0.390 e. The molecule has 1 atom stereocenters. The molecule has 1 amide bonds. The first-order valence-electron chi connectivity index (χ1n) is 5.63. The van der Waals surface area contributed by atoms with Gasteiger partial charge in [0.05, 0.1) is 12.0 Å². The maximum Gasteiger partial charge on any atom is 0.225 e. The van der Waals surface area contributed by atoms with Crippen LogP contribution in [0.3, 0.4) is 0 Å². The van der Waals surface area contributed by atoms with Crippen molar-refractivity contribution in [2.45, 2.75) is 32.3 Å². The zero-order chi connectivity index (χ0) is 11.5. The summed E-state index contributed by atoms with van der Waals surface area (Å²) in [6, 6.07) is 0. The van der Waals surface area contributed by atoms with Crippen LogP contribution in [0.2, 0.25) is 0 Å². The molecule has 1 aliphatic heterocycles. The molecule has 0 radical (unpaired) electrons. The second-order valence-corrected chi connectivity index (χ2v) is 4.71. The van der Waals surface area contributed by atoms with E-state index >= 15 is 0 Å². The SMILES string of the molecule is CCC(C)(O)CC(=O)N1CCN(C)CC1. The van der Waals surface area contributed by atoms with Crippen LogP contribution in [-0.4, -0.2) is 59.6 Å². The van der Waals surface area contributed by atoms with Crippen LogP contribution in [0.4, 0.5) is 0 Å². The van der Waals surface area contributed by atoms with E-state index in [-0.39, 0.29) is 12.3 Å². The van der Waals surface area contributed by atoms with Crippen LogP contribution < -0.4 is 0 Å². The number of aliphatic hydroxyl groups is 1. The van der Waals surface area contributed by atoms with Gasteiger partial charge in [-0.25, -0.2) is 0 Å². The molecule has 4 nitrogen and oxygen atoms in total. The zero-order valence-electron chi connectivity index (χ0n) is 9.99. The lowest BCUT2D eigenvalue weighted by Gasteiger charge is -2.34. The summed E-state index contributed by atoms with van der Waals surface area (Å²) in [5, 5.41) is 9.82. The summed E-state index contributed by atoms with van der Waals surface area (Å²) in [6.07, 6.45) is 0.861. The highest BCUT2D eigenvalue weighted by atomic mass is 16.3. The lowest BCUT2D eigenvalue weighted by molar-refractivity contribution is -0.137. The smallest absolute Gasteiger partial charge is 0.225 e. The normalized spacial score (nSPS) is 22.5. The lowest BCUT2D eigenvalue weighted by atomic mass is 9.98. The minimum atomic E-state index is -0.847. The van der Waals surface area contributed by atoms with Gasteiger partial charge < -0.3 is 14.9 Å². The van der Waals surface area contributed by atoms with Crippen molar-refractivity contribution in [3.05, 3.63) is 0 Å². The molecule has 88 valence electrons. The number of nitrogens with zero attached hydrogens (tertiary/aromatic N) is 2. The van der Waals surface area contributed by atoms with Crippen molar-refractivity contribution in [1.29, 1.82) is 0 Å². The zero-order valence-corrected chi connectivity index (χ0v) is 9.99. The van der Waals surface area contributed by atoms with Crippen LogP contribution >= 0.6 is 0 Å². The van der Waals surface area contributed by atoms with E-state index < -0.39 is 5.60 Å². The highest BCUT2D eigenvalue weighted by Crippen LogP contribution is 2.15. The molecule has 1 unspecified atom stereocenters. The Bertz CT molecular complexity index is 221. The second kappa shape index (κ2) is 4.94. The minimum absolute atomic E-state index is 0.0787. The van der Waals surface area contributed by atoms with Crippen molar-refractivity contribution >= 4 is 5.91 Å². The van der Waals surface area contributed by atoms with Crippen LogP contribution in [-0.2, 0) is 4.79 Å². The second-order valence-electron chi connectivity index (χ2n) is 4.71. The molecule has 0 saturated carbocycles. The highest BCUT2D eigenvalue weighted by Gasteiger charge is 2.26. The first-order chi connectivity index (χ1) is 6.94. The standard InChI is InChI=1S/C11H22N2O2/c1-4-11(2,15)9-10(14)13-7-5-12(3)6-8-13/h15H,4-9H2,1-3H3. The molecule has 1 aliphatic rings. The number of piperazine rings is 1. The third-order valence-corrected chi connectivity index (χ3v) is 3.15. The Hall–Kier alpha value is -0.610. The number of amides is 1. The molecule has 0 bridgehead atoms. The Kier molecular flexibility index (Phi) is 4.11. The van der Waals surface area contributed by atoms with E-state index in [1.165, 1.54) is 0 Å². The third kappa shape index (κ3) is 3.80. The maximum absolute atomic E-state index is 11.8. The highest BCUT2D eigenvalue weighted by molar-refractivity contribution is 5.77. The monoisotopic (exact) mass is 214 g/mol. The molecule has 0 aliphatic carbocycles. The van der Waals surface area contributed by atoms with E-state index in [9.17, 15) is 9.90 Å². The fourth-order valence-electron chi connectivity index (χ4n) is 1.62. The number of carbonyl (C=O) groups excluding carboxylic acids is 1. The Morgan fingerprint density at radius 2 is 1.87 bits per heavy atom. The van der Waals surface area contributed by atoms with Crippen LogP contribution in [0.5, 0.6) is 0 Å². The van der Waals surface area contributed by atoms with Gasteiger partial charge in [-0.1, -0.05) is 6.92 Å². The lowest BCUT2D eigenvalue weighted by Crippen LogP contribution is -2.48. The summed E-state index contributed by atoms with van der Waals surface area (Å²) < 4.78 is 0. The van der Waals surface area contributed by atoms with Crippen molar-refractivity contribution < 1.29 is 9.90 Å². The van der Waals surface area contributed by atoms with Gasteiger partial charge in [0, 0.05) is 26.2 Å². The molecule has 15 heavy (non-hydrogen) atoms. The third-order valence-electron chi connectivity index (χ3n) is 3.15. The van der Waals surface area contributed by atoms with E-state index in [4.69, 9.17) is 0 Å². The summed E-state index contributed by atoms with van der Waals surface area (Å²) in [4.78, 5) is 15.9. The number of rotatable bonds is 3. The molecule has 1 fully saturated rings. The average molecular weight is 214 g/mol. The Balaban J connectivity index is 2.41. The molecular weight excluding hydrogens is 192 g/mol. The van der Waals surface area contributed by atoms with Crippen LogP contribution in [0.1, 0.15) is 26.7 Å². The summed E-state index contributed by atoms with van der Waals surface area (Å²) in [6.45, 7) is 7.06. The van der Waals surface area contributed by atoms with E-state index in [0.29, 0.717) is 6.42 Å². The Labute approximate surface area is 91.9 Å². The fourth-order valence-corrected chi connectivity index (χ4v) is 1.62. The van der Waals surface area contributed by atoms with Gasteiger partial charge in [0.25, 0.3) is 0 Å². The first kappa shape index (κ1) is 12.5. The quantitative estimate of drug-likeness (QED) is 0.735. The summed E-state index contributed by atoms with van der Waals surface area (Å²) >= 11 is 0. The predicted octanol–water partition coefficient (Wildman–Crippen LogP) is 0.311. The summed E-state index contributed by atoms with van der Waals surface area (Å²) in [5.41, 5.74) is -0.847. The molecule has 1 N–H and O–H groups in total. The molecule has 4 heteroatoms. The summed E-state index contributed by atoms with van der Waals surface area (Å²) in [7, 11) is 2.06. The van der Waals surface area contributed by atoms with Crippen LogP contribution in [0.25, 0.3) is 0 Å². The Morgan fingerprint density at radius 3 is 2.33 bits per heavy atom. The molecule has 0 spiro atoms. The van der Waals surface area contributed by atoms with E-state index in [2.05, 4.69) is 11.9 Å². The van der Waals surface area contributed by atoms with Crippen LogP contribution in [0.15, 0.2) is 0 Å². The molecule has 1 heterocycles. The van der Waals surface area contributed by atoms with Gasteiger partial charge in [-0.2, -0.15) is 0 Å². The van der Waals surface area contributed by atoms with Crippen molar-refractivity contribution in [2.75, 3.05) is 33.2 Å². The molecule has 0 aromatic carbocycles. The number of hydrogen-bond donors (Lipinski definition) is 1. The topological polar surface area (TPSA) is 43.8 Å². The largest absolute Gasteiger partial charge is 0.390 e. The molecule has 0 aromatic rings. The van der Waals surface area contributed by atoms with Gasteiger partial charge >= 0.3 is 0 Å². The molecule has 0 aromatic heterocycles. The van der Waals surface area contributed by atoms with E-state index in [1.807, 2.05) is 11.8 Å². The van der Waals surface area contributed by atoms with E-state index in [1.54, 1.807) is 6.92 Å². The average Bonchev–Trinajstić information content (AvgIpc) is 2.18. The number of likely N-dealkylation sites (N-methyl/N-ethyl adjacent to an activating group) is 1. The van der Waals surface area contributed by atoms with Gasteiger partial charge in [-0.05, 0) is 20.4 Å². The van der Waals surface area contributed by atoms with Gasteiger partial charge in [-0.3, -0.25) is 4.79 Å². The fraction of sp³-hybridized carbons (Fsp3) is 0.909. The van der Waals surface area contributed by atoms with E-state index in [0.717, 1.165) is 26.2 Å². The van der Waals surface area contributed by atoms with Crippen LogP contribution in [0, 0.1) is 0 Å². The molecule has 1 rings (SSSR count). The van der Waals surface area contributed by atoms with Crippen molar-refractivity contribution in [1.82, 2.24) is 9.80 Å². The van der Waals surface area contributed by atoms with Gasteiger partial charge in [0.2, 0.25) is 5.91 Å². The number of hydrogen-bond acceptors (Lipinski definition) is 3. The van der Waals surface area contributed by atoms with Crippen molar-refractivity contribution in [3.8, 4) is 0 Å². The van der Waals surface area contributed by atoms with Gasteiger partial charge in [-0.15, -0.1) is 0 Å². The number of carbonyl (C=O) groups is 1. The van der Waals surface area contributed by atoms with Gasteiger partial charge in [0.15, 0.2) is 0 Å². The predicted molar refractivity (Wildman–Crippen MR) is 59.6 cm³/mol. The summed E-state index contributed by atoms with van der Waals surface area (Å²) in [5.74, 6) is 0.0787. The molecule has 1 saturated heterocycles.